The van der Waals surface area contributed by atoms with Gasteiger partial charge in [-0.05, 0) is 12.1 Å². The molecule has 0 spiro atoms. The fourth-order valence-corrected chi connectivity index (χ4v) is 2.04. The number of H-pyrrole nitrogens is 1. The van der Waals surface area contributed by atoms with Crippen LogP contribution in [0.2, 0.25) is 0 Å². The summed E-state index contributed by atoms with van der Waals surface area (Å²) in [5.41, 5.74) is 2.09. The Kier molecular flexibility index (Phi) is 2.75. The van der Waals surface area contributed by atoms with Crippen LogP contribution < -0.4 is 10.2 Å². The molecule has 1 fully saturated rings. The molecule has 0 aromatic carbocycles. The quantitative estimate of drug-likeness (QED) is 0.802. The molecule has 0 unspecified atom stereocenters. The number of rotatable bonds is 2. The summed E-state index contributed by atoms with van der Waals surface area (Å²) in [6.45, 7) is 4.07. The number of aromatic amines is 1. The molecule has 3 rings (SSSR count). The molecule has 17 heavy (non-hydrogen) atoms. The van der Waals surface area contributed by atoms with Gasteiger partial charge in [-0.2, -0.15) is 5.10 Å². The van der Waals surface area contributed by atoms with E-state index in [1.807, 2.05) is 18.3 Å². The summed E-state index contributed by atoms with van der Waals surface area (Å²) in [7, 11) is 0. The molecule has 0 radical (unpaired) electrons. The van der Waals surface area contributed by atoms with Crippen LogP contribution in [0, 0.1) is 0 Å². The lowest BCUT2D eigenvalue weighted by molar-refractivity contribution is 0.584. The molecular weight excluding hydrogens is 214 g/mol. The van der Waals surface area contributed by atoms with Crippen LogP contribution in [0.3, 0.4) is 0 Å². The Morgan fingerprint density at radius 1 is 1.24 bits per heavy atom. The lowest BCUT2D eigenvalue weighted by Crippen LogP contribution is -2.43. The van der Waals surface area contributed by atoms with Gasteiger partial charge in [0, 0.05) is 50.2 Å². The van der Waals surface area contributed by atoms with Gasteiger partial charge in [-0.25, -0.2) is 0 Å². The predicted octanol–water partition coefficient (Wildman–Crippen LogP) is 0.881. The summed E-state index contributed by atoms with van der Waals surface area (Å²) in [4.78, 5) is 6.40. The number of piperazine rings is 1. The van der Waals surface area contributed by atoms with E-state index >= 15 is 0 Å². The summed E-state index contributed by atoms with van der Waals surface area (Å²) in [6.07, 6.45) is 3.62. The summed E-state index contributed by atoms with van der Waals surface area (Å²) < 4.78 is 0. The number of anilines is 1. The normalized spacial score (nSPS) is 16.1. The number of pyridine rings is 1. The maximum atomic E-state index is 4.36. The Balaban J connectivity index is 1.83. The van der Waals surface area contributed by atoms with Crippen LogP contribution in [0.15, 0.2) is 30.6 Å². The highest BCUT2D eigenvalue weighted by atomic mass is 15.3. The first kappa shape index (κ1) is 10.3. The van der Waals surface area contributed by atoms with Crippen LogP contribution in [0.25, 0.3) is 11.3 Å². The fourth-order valence-electron chi connectivity index (χ4n) is 2.04. The zero-order valence-electron chi connectivity index (χ0n) is 9.56. The van der Waals surface area contributed by atoms with Crippen LogP contribution >= 0.6 is 0 Å². The number of aromatic nitrogens is 3. The number of hydrogen-bond acceptors (Lipinski definition) is 4. The summed E-state index contributed by atoms with van der Waals surface area (Å²) in [5, 5.41) is 10.8. The van der Waals surface area contributed by atoms with E-state index < -0.39 is 0 Å². The zero-order chi connectivity index (χ0) is 11.5. The lowest BCUT2D eigenvalue weighted by Gasteiger charge is -2.26. The minimum absolute atomic E-state index is 1.01. The van der Waals surface area contributed by atoms with Gasteiger partial charge in [-0.1, -0.05) is 0 Å². The molecule has 3 heterocycles. The average molecular weight is 229 g/mol. The van der Waals surface area contributed by atoms with Crippen molar-refractivity contribution in [2.75, 3.05) is 31.1 Å². The van der Waals surface area contributed by atoms with Gasteiger partial charge >= 0.3 is 0 Å². The molecule has 0 amide bonds. The third kappa shape index (κ3) is 2.14. The molecule has 1 aliphatic heterocycles. The zero-order valence-corrected chi connectivity index (χ0v) is 9.56. The Morgan fingerprint density at radius 2 is 2.12 bits per heavy atom. The van der Waals surface area contributed by atoms with Crippen molar-refractivity contribution in [2.24, 2.45) is 0 Å². The molecule has 1 aliphatic rings. The Bertz CT molecular complexity index is 473. The van der Waals surface area contributed by atoms with Crippen molar-refractivity contribution in [3.63, 3.8) is 0 Å². The van der Waals surface area contributed by atoms with E-state index in [9.17, 15) is 0 Å². The van der Waals surface area contributed by atoms with Crippen molar-refractivity contribution in [3.05, 3.63) is 30.6 Å². The van der Waals surface area contributed by atoms with Gasteiger partial charge in [0.15, 0.2) is 5.82 Å². The molecule has 0 aliphatic carbocycles. The van der Waals surface area contributed by atoms with Gasteiger partial charge < -0.3 is 10.2 Å². The van der Waals surface area contributed by atoms with E-state index in [4.69, 9.17) is 0 Å². The monoisotopic (exact) mass is 229 g/mol. The highest BCUT2D eigenvalue weighted by Crippen LogP contribution is 2.20. The van der Waals surface area contributed by atoms with Crippen LogP contribution in [0.1, 0.15) is 0 Å². The highest BCUT2D eigenvalue weighted by molar-refractivity contribution is 5.62. The van der Waals surface area contributed by atoms with Crippen LogP contribution in [-0.2, 0) is 0 Å². The molecule has 2 aromatic rings. The van der Waals surface area contributed by atoms with E-state index in [2.05, 4.69) is 31.5 Å². The molecule has 0 saturated carbocycles. The number of nitrogens with zero attached hydrogens (tertiary/aromatic N) is 3. The number of nitrogens with one attached hydrogen (secondary N) is 2. The van der Waals surface area contributed by atoms with Crippen LogP contribution in [0.5, 0.6) is 0 Å². The Hall–Kier alpha value is -1.88. The van der Waals surface area contributed by atoms with Gasteiger partial charge in [0.2, 0.25) is 0 Å². The van der Waals surface area contributed by atoms with Gasteiger partial charge in [0.05, 0.1) is 5.69 Å². The molecule has 1 saturated heterocycles. The largest absolute Gasteiger partial charge is 0.353 e. The van der Waals surface area contributed by atoms with Gasteiger partial charge in [0.25, 0.3) is 0 Å². The van der Waals surface area contributed by atoms with E-state index in [-0.39, 0.29) is 0 Å². The Labute approximate surface area is 99.9 Å². The van der Waals surface area contributed by atoms with Crippen molar-refractivity contribution in [1.29, 1.82) is 0 Å². The van der Waals surface area contributed by atoms with Gasteiger partial charge in [-0.15, -0.1) is 0 Å². The van der Waals surface area contributed by atoms with Crippen LogP contribution in [-0.4, -0.2) is 41.4 Å². The van der Waals surface area contributed by atoms with Crippen LogP contribution in [0.4, 0.5) is 5.82 Å². The van der Waals surface area contributed by atoms with E-state index in [0.717, 1.165) is 43.3 Å². The molecule has 5 nitrogen and oxygen atoms in total. The molecular formula is C12H15N5. The van der Waals surface area contributed by atoms with Crippen molar-refractivity contribution in [1.82, 2.24) is 20.5 Å². The van der Waals surface area contributed by atoms with Crippen molar-refractivity contribution >= 4 is 5.82 Å². The van der Waals surface area contributed by atoms with Gasteiger partial charge in [0.1, 0.15) is 0 Å². The van der Waals surface area contributed by atoms with Gasteiger partial charge in [-0.3, -0.25) is 10.1 Å². The maximum Gasteiger partial charge on any atom is 0.151 e. The second-order valence-electron chi connectivity index (χ2n) is 4.12. The smallest absolute Gasteiger partial charge is 0.151 e. The second-order valence-corrected chi connectivity index (χ2v) is 4.12. The first-order valence-corrected chi connectivity index (χ1v) is 5.85. The highest BCUT2D eigenvalue weighted by Gasteiger charge is 2.13. The topological polar surface area (TPSA) is 56.8 Å². The molecule has 88 valence electrons. The van der Waals surface area contributed by atoms with E-state index in [0.29, 0.717) is 0 Å². The maximum absolute atomic E-state index is 4.36. The standard InChI is InChI=1S/C12H15N5/c1-2-10(9-14-3-1)11-8-12(16-15-11)17-6-4-13-5-7-17/h1-3,8-9,13H,4-7H2,(H,15,16). The van der Waals surface area contributed by atoms with Crippen molar-refractivity contribution < 1.29 is 0 Å². The van der Waals surface area contributed by atoms with Crippen molar-refractivity contribution in [2.45, 2.75) is 0 Å². The molecule has 0 bridgehead atoms. The minimum Gasteiger partial charge on any atom is -0.353 e. The molecule has 2 N–H and O–H groups in total. The van der Waals surface area contributed by atoms with Crippen molar-refractivity contribution in [3.8, 4) is 11.3 Å². The molecule has 5 heteroatoms. The van der Waals surface area contributed by atoms with E-state index in [1.165, 1.54) is 0 Å². The second kappa shape index (κ2) is 4.55. The first-order valence-electron chi connectivity index (χ1n) is 5.85. The van der Waals surface area contributed by atoms with E-state index in [1.54, 1.807) is 6.20 Å². The summed E-state index contributed by atoms with van der Waals surface area (Å²) in [5.74, 6) is 1.02. The lowest BCUT2D eigenvalue weighted by atomic mass is 10.2. The fraction of sp³-hybridized carbons (Fsp3) is 0.333. The predicted molar refractivity (Wildman–Crippen MR) is 66.9 cm³/mol. The number of hydrogen-bond donors (Lipinski definition) is 2. The minimum atomic E-state index is 1.01. The third-order valence-electron chi connectivity index (χ3n) is 2.98. The molecule has 0 atom stereocenters. The SMILES string of the molecule is c1cncc(-c2cc(N3CCNCC3)n[nH]2)c1. The molecule has 2 aromatic heterocycles. The first-order chi connectivity index (χ1) is 8.43. The summed E-state index contributed by atoms with van der Waals surface area (Å²) >= 11 is 0. The third-order valence-corrected chi connectivity index (χ3v) is 2.98. The average Bonchev–Trinajstić information content (AvgIpc) is 2.90. The summed E-state index contributed by atoms with van der Waals surface area (Å²) in [6, 6.07) is 6.05. The Morgan fingerprint density at radius 3 is 2.88 bits per heavy atom.